The van der Waals surface area contributed by atoms with E-state index in [0.717, 1.165) is 6.07 Å². The van der Waals surface area contributed by atoms with Crippen molar-refractivity contribution < 1.29 is 54.4 Å². The van der Waals surface area contributed by atoms with Crippen LogP contribution in [0.5, 0.6) is 28.7 Å². The molecule has 182 valence electrons. The molecule has 12 heteroatoms. The first kappa shape index (κ1) is 23.6. The maximum absolute atomic E-state index is 12.7. The van der Waals surface area contributed by atoms with Crippen molar-refractivity contribution in [2.75, 3.05) is 13.7 Å². The Morgan fingerprint density at radius 1 is 0.971 bits per heavy atom. The quantitative estimate of drug-likeness (QED) is 0.254. The van der Waals surface area contributed by atoms with Crippen LogP contribution in [0.3, 0.4) is 0 Å². The van der Waals surface area contributed by atoms with Gasteiger partial charge in [0.25, 0.3) is 0 Å². The number of aliphatic hydroxyl groups is 4. The summed E-state index contributed by atoms with van der Waals surface area (Å²) in [7, 11) is 1.32. The smallest absolute Gasteiger partial charge is 0.238 e. The first-order valence-electron chi connectivity index (χ1n) is 10.0. The molecule has 12 nitrogen and oxygen atoms in total. The molecule has 0 saturated carbocycles. The maximum atomic E-state index is 12.7. The van der Waals surface area contributed by atoms with Crippen molar-refractivity contribution in [2.24, 2.45) is 0 Å². The summed E-state index contributed by atoms with van der Waals surface area (Å²) in [6.45, 7) is -0.665. The Kier molecular flexibility index (Phi) is 6.25. The largest absolute Gasteiger partial charge is 0.507 e. The first-order valence-corrected chi connectivity index (χ1v) is 10.0. The summed E-state index contributed by atoms with van der Waals surface area (Å²) in [5.74, 6) is -1.96. The zero-order chi connectivity index (χ0) is 24.7. The van der Waals surface area contributed by atoms with Gasteiger partial charge in [0, 0.05) is 17.7 Å². The highest BCUT2D eigenvalue weighted by atomic mass is 16.7. The van der Waals surface area contributed by atoms with Crippen LogP contribution in [0.1, 0.15) is 0 Å². The number of rotatable bonds is 5. The maximum Gasteiger partial charge on any atom is 0.238 e. The molecule has 2 heterocycles. The van der Waals surface area contributed by atoms with Crippen LogP contribution in [0.15, 0.2) is 39.5 Å². The van der Waals surface area contributed by atoms with Crippen molar-refractivity contribution in [3.8, 4) is 40.1 Å². The molecule has 5 unspecified atom stereocenters. The van der Waals surface area contributed by atoms with Gasteiger partial charge in [0.15, 0.2) is 17.3 Å². The Hall–Kier alpha value is -3.55. The van der Waals surface area contributed by atoms with Crippen LogP contribution in [0.25, 0.3) is 22.3 Å². The summed E-state index contributed by atoms with van der Waals surface area (Å²) in [6.07, 6.45) is -7.74. The van der Waals surface area contributed by atoms with E-state index in [4.69, 9.17) is 18.6 Å². The highest BCUT2D eigenvalue weighted by Gasteiger charge is 2.44. The van der Waals surface area contributed by atoms with Crippen molar-refractivity contribution in [3.05, 3.63) is 40.6 Å². The Balaban J connectivity index is 1.77. The van der Waals surface area contributed by atoms with Gasteiger partial charge in [0.05, 0.1) is 13.7 Å². The molecule has 0 bridgehead atoms. The second kappa shape index (κ2) is 9.00. The van der Waals surface area contributed by atoms with Gasteiger partial charge in [-0.1, -0.05) is 0 Å². The molecule has 2 aromatic carbocycles. The number of phenolic OH excluding ortho intramolecular Hbond substituents is 2. The van der Waals surface area contributed by atoms with Gasteiger partial charge in [0.1, 0.15) is 46.9 Å². The number of ether oxygens (including phenoxy) is 3. The number of aliphatic hydroxyl groups excluding tert-OH is 4. The number of aromatic hydroxyl groups is 3. The van der Waals surface area contributed by atoms with Crippen molar-refractivity contribution in [3.63, 3.8) is 0 Å². The predicted octanol–water partition coefficient (Wildman–Crippen LogP) is -0.236. The number of benzene rings is 2. The summed E-state index contributed by atoms with van der Waals surface area (Å²) in [6, 6.07) is 6.15. The molecule has 0 amide bonds. The van der Waals surface area contributed by atoms with Crippen LogP contribution >= 0.6 is 0 Å². The lowest BCUT2D eigenvalue weighted by Crippen LogP contribution is -2.60. The zero-order valence-corrected chi connectivity index (χ0v) is 17.7. The van der Waals surface area contributed by atoms with Crippen LogP contribution in [-0.4, -0.2) is 80.2 Å². The lowest BCUT2D eigenvalue weighted by atomic mass is 9.99. The topological polar surface area (TPSA) is 200 Å². The summed E-state index contributed by atoms with van der Waals surface area (Å²) >= 11 is 0. The third kappa shape index (κ3) is 3.97. The first-order chi connectivity index (χ1) is 16.2. The van der Waals surface area contributed by atoms with E-state index in [-0.39, 0.29) is 39.5 Å². The second-order valence-electron chi connectivity index (χ2n) is 7.63. The molecule has 0 aliphatic carbocycles. The van der Waals surface area contributed by atoms with E-state index in [9.17, 15) is 40.5 Å². The van der Waals surface area contributed by atoms with Crippen LogP contribution < -0.4 is 14.9 Å². The summed E-state index contributed by atoms with van der Waals surface area (Å²) in [5, 5.41) is 69.5. The fourth-order valence-electron chi connectivity index (χ4n) is 3.65. The van der Waals surface area contributed by atoms with Crippen molar-refractivity contribution in [2.45, 2.75) is 30.7 Å². The normalized spacial score (nSPS) is 24.8. The average Bonchev–Trinajstić information content (AvgIpc) is 2.81. The highest BCUT2D eigenvalue weighted by Crippen LogP contribution is 2.38. The molecule has 5 atom stereocenters. The van der Waals surface area contributed by atoms with E-state index in [1.807, 2.05) is 0 Å². The molecule has 0 spiro atoms. The van der Waals surface area contributed by atoms with E-state index < -0.39 is 54.2 Å². The molecule has 4 rings (SSSR count). The monoisotopic (exact) mass is 478 g/mol. The Labute approximate surface area is 191 Å². The van der Waals surface area contributed by atoms with E-state index in [1.165, 1.54) is 31.4 Å². The van der Waals surface area contributed by atoms with Crippen LogP contribution in [0.2, 0.25) is 0 Å². The van der Waals surface area contributed by atoms with Gasteiger partial charge in [-0.05, 0) is 18.2 Å². The molecule has 1 aliphatic rings. The average molecular weight is 478 g/mol. The van der Waals surface area contributed by atoms with Crippen molar-refractivity contribution in [1.29, 1.82) is 0 Å². The number of methoxy groups -OCH3 is 1. The lowest BCUT2D eigenvalue weighted by molar-refractivity contribution is -0.277. The fraction of sp³-hybridized carbons (Fsp3) is 0.318. The Morgan fingerprint density at radius 3 is 2.38 bits per heavy atom. The van der Waals surface area contributed by atoms with Gasteiger partial charge in [-0.3, -0.25) is 4.79 Å². The van der Waals surface area contributed by atoms with Crippen LogP contribution in [0, 0.1) is 0 Å². The molecular weight excluding hydrogens is 456 g/mol. The molecule has 0 radical (unpaired) electrons. The molecule has 1 fully saturated rings. The summed E-state index contributed by atoms with van der Waals surface area (Å²) in [5.41, 5.74) is -0.962. The van der Waals surface area contributed by atoms with E-state index >= 15 is 0 Å². The number of hydrogen-bond acceptors (Lipinski definition) is 12. The second-order valence-corrected chi connectivity index (χ2v) is 7.63. The van der Waals surface area contributed by atoms with E-state index in [1.54, 1.807) is 0 Å². The van der Waals surface area contributed by atoms with Gasteiger partial charge in [-0.25, -0.2) is 0 Å². The molecular formula is C22H22O12. The van der Waals surface area contributed by atoms with Crippen LogP contribution in [-0.2, 0) is 4.74 Å². The number of hydrogen-bond donors (Lipinski definition) is 7. The minimum atomic E-state index is -1.71. The zero-order valence-electron chi connectivity index (χ0n) is 17.7. The van der Waals surface area contributed by atoms with Crippen molar-refractivity contribution in [1.82, 2.24) is 0 Å². The third-order valence-corrected chi connectivity index (χ3v) is 5.47. The minimum Gasteiger partial charge on any atom is -0.507 e. The van der Waals surface area contributed by atoms with Gasteiger partial charge in [0.2, 0.25) is 17.5 Å². The van der Waals surface area contributed by atoms with E-state index in [0.29, 0.717) is 0 Å². The highest BCUT2D eigenvalue weighted by molar-refractivity contribution is 5.88. The predicted molar refractivity (Wildman–Crippen MR) is 114 cm³/mol. The number of fused-ring (bicyclic) bond motifs is 1. The minimum absolute atomic E-state index is 0.0576. The fourth-order valence-corrected chi connectivity index (χ4v) is 3.65. The summed E-state index contributed by atoms with van der Waals surface area (Å²) < 4.78 is 21.4. The van der Waals surface area contributed by atoms with Crippen LogP contribution in [0.4, 0.5) is 0 Å². The molecule has 1 saturated heterocycles. The number of phenols is 2. The third-order valence-electron chi connectivity index (χ3n) is 5.47. The van der Waals surface area contributed by atoms with Gasteiger partial charge in [-0.15, -0.1) is 0 Å². The summed E-state index contributed by atoms with van der Waals surface area (Å²) in [4.78, 5) is 12.7. The van der Waals surface area contributed by atoms with Gasteiger partial charge < -0.3 is 54.4 Å². The van der Waals surface area contributed by atoms with Gasteiger partial charge in [-0.2, -0.15) is 0 Å². The molecule has 3 aromatic rings. The Morgan fingerprint density at radius 2 is 1.71 bits per heavy atom. The van der Waals surface area contributed by atoms with Crippen molar-refractivity contribution >= 4 is 11.0 Å². The van der Waals surface area contributed by atoms with E-state index in [2.05, 4.69) is 0 Å². The molecule has 34 heavy (non-hydrogen) atoms. The lowest BCUT2D eigenvalue weighted by Gasteiger charge is -2.39. The molecule has 7 N–H and O–H groups in total. The Bertz CT molecular complexity index is 1270. The molecule has 1 aromatic heterocycles. The SMILES string of the molecule is COc1cc(-c2oc3cc(OC4OC(CO)C(O)C(O)C4O)cc(O)c3c(=O)c2O)ccc1O. The molecule has 1 aliphatic heterocycles. The standard InChI is InChI=1S/C22H22O12/c1-31-12-4-8(2-3-10(12)24)21-19(29)17(27)15-11(25)5-9(6-13(15)33-21)32-22-20(30)18(28)16(26)14(7-23)34-22/h2-6,14,16,18,20,22-26,28-30H,7H2,1H3. The van der Waals surface area contributed by atoms with Gasteiger partial charge >= 0.3 is 0 Å².